The monoisotopic (exact) mass is 257 g/mol. The standard InChI is InChI=1S/C15H15NO3/c1-19-12-6-4-5-11(9-12)10-16-14-8-3-2-7-13(14)15(17)18/h2-9,16H,10H2,1H3,(H,17,18). The van der Waals surface area contributed by atoms with Crippen molar-refractivity contribution < 1.29 is 14.6 Å². The van der Waals surface area contributed by atoms with Crippen LogP contribution in [0.1, 0.15) is 15.9 Å². The third kappa shape index (κ3) is 3.25. The summed E-state index contributed by atoms with van der Waals surface area (Å²) < 4.78 is 5.15. The number of benzene rings is 2. The van der Waals surface area contributed by atoms with E-state index < -0.39 is 5.97 Å². The zero-order valence-electron chi connectivity index (χ0n) is 10.6. The molecule has 0 aliphatic carbocycles. The van der Waals surface area contributed by atoms with Crippen molar-refractivity contribution in [2.45, 2.75) is 6.54 Å². The molecule has 0 aromatic heterocycles. The first-order chi connectivity index (χ1) is 9.20. The molecular formula is C15H15NO3. The second kappa shape index (κ2) is 5.91. The molecule has 0 bridgehead atoms. The van der Waals surface area contributed by atoms with Crippen LogP contribution in [0.3, 0.4) is 0 Å². The summed E-state index contributed by atoms with van der Waals surface area (Å²) in [7, 11) is 1.62. The Labute approximate surface area is 111 Å². The molecule has 19 heavy (non-hydrogen) atoms. The van der Waals surface area contributed by atoms with Crippen molar-refractivity contribution in [1.29, 1.82) is 0 Å². The van der Waals surface area contributed by atoms with Gasteiger partial charge in [0.1, 0.15) is 5.75 Å². The largest absolute Gasteiger partial charge is 0.497 e. The van der Waals surface area contributed by atoms with Gasteiger partial charge in [-0.2, -0.15) is 0 Å². The van der Waals surface area contributed by atoms with E-state index in [9.17, 15) is 4.79 Å². The molecule has 98 valence electrons. The lowest BCUT2D eigenvalue weighted by molar-refractivity contribution is 0.0698. The lowest BCUT2D eigenvalue weighted by atomic mass is 10.1. The van der Waals surface area contributed by atoms with Crippen LogP contribution in [0, 0.1) is 0 Å². The van der Waals surface area contributed by atoms with Crippen molar-refractivity contribution in [3.05, 3.63) is 59.7 Å². The topological polar surface area (TPSA) is 58.6 Å². The second-order valence-electron chi connectivity index (χ2n) is 4.06. The lowest BCUT2D eigenvalue weighted by Crippen LogP contribution is -2.06. The molecule has 4 nitrogen and oxygen atoms in total. The summed E-state index contributed by atoms with van der Waals surface area (Å²) in [4.78, 5) is 11.1. The number of para-hydroxylation sites is 1. The van der Waals surface area contributed by atoms with Gasteiger partial charge in [0.15, 0.2) is 0 Å². The minimum Gasteiger partial charge on any atom is -0.497 e. The molecule has 2 aromatic rings. The molecule has 0 aliphatic rings. The van der Waals surface area contributed by atoms with Crippen LogP contribution in [-0.2, 0) is 6.54 Å². The van der Waals surface area contributed by atoms with Crippen molar-refractivity contribution >= 4 is 11.7 Å². The number of carboxylic acid groups (broad SMARTS) is 1. The third-order valence-electron chi connectivity index (χ3n) is 2.77. The zero-order valence-corrected chi connectivity index (χ0v) is 10.6. The summed E-state index contributed by atoms with van der Waals surface area (Å²) >= 11 is 0. The van der Waals surface area contributed by atoms with Gasteiger partial charge in [-0.25, -0.2) is 4.79 Å². The minimum atomic E-state index is -0.936. The summed E-state index contributed by atoms with van der Waals surface area (Å²) in [5.74, 6) is -0.153. The molecule has 0 amide bonds. The fraction of sp³-hybridized carbons (Fsp3) is 0.133. The van der Waals surface area contributed by atoms with Crippen LogP contribution in [0.15, 0.2) is 48.5 Å². The highest BCUT2D eigenvalue weighted by atomic mass is 16.5. The molecule has 2 aromatic carbocycles. The Morgan fingerprint density at radius 1 is 1.21 bits per heavy atom. The van der Waals surface area contributed by atoms with E-state index in [1.54, 1.807) is 31.4 Å². The highest BCUT2D eigenvalue weighted by molar-refractivity contribution is 5.94. The maximum absolute atomic E-state index is 11.1. The molecule has 0 atom stereocenters. The fourth-order valence-electron chi connectivity index (χ4n) is 1.80. The van der Waals surface area contributed by atoms with E-state index >= 15 is 0 Å². The first kappa shape index (κ1) is 13.0. The van der Waals surface area contributed by atoms with Crippen LogP contribution in [0.5, 0.6) is 5.75 Å². The summed E-state index contributed by atoms with van der Waals surface area (Å²) in [5, 5.41) is 12.2. The molecule has 0 saturated heterocycles. The summed E-state index contributed by atoms with van der Waals surface area (Å²) in [6, 6.07) is 14.5. The summed E-state index contributed by atoms with van der Waals surface area (Å²) in [6.07, 6.45) is 0. The highest BCUT2D eigenvalue weighted by Gasteiger charge is 2.08. The van der Waals surface area contributed by atoms with E-state index in [1.165, 1.54) is 0 Å². The normalized spacial score (nSPS) is 9.95. The van der Waals surface area contributed by atoms with Gasteiger partial charge in [-0.05, 0) is 29.8 Å². The zero-order chi connectivity index (χ0) is 13.7. The molecule has 2 rings (SSSR count). The molecule has 2 N–H and O–H groups in total. The van der Waals surface area contributed by atoms with E-state index in [4.69, 9.17) is 9.84 Å². The average molecular weight is 257 g/mol. The number of methoxy groups -OCH3 is 1. The SMILES string of the molecule is COc1cccc(CNc2ccccc2C(=O)O)c1. The number of hydrogen-bond acceptors (Lipinski definition) is 3. The molecule has 4 heteroatoms. The Bertz CT molecular complexity index is 581. The predicted molar refractivity (Wildman–Crippen MR) is 73.7 cm³/mol. The van der Waals surface area contributed by atoms with Crippen LogP contribution in [-0.4, -0.2) is 18.2 Å². The van der Waals surface area contributed by atoms with E-state index in [0.29, 0.717) is 12.2 Å². The number of anilines is 1. The molecule has 0 heterocycles. The van der Waals surface area contributed by atoms with E-state index in [-0.39, 0.29) is 5.56 Å². The average Bonchev–Trinajstić information content (AvgIpc) is 2.45. The van der Waals surface area contributed by atoms with E-state index in [0.717, 1.165) is 11.3 Å². The van der Waals surface area contributed by atoms with Gasteiger partial charge in [0.05, 0.1) is 12.7 Å². The van der Waals surface area contributed by atoms with Crippen LogP contribution < -0.4 is 10.1 Å². The van der Waals surface area contributed by atoms with Crippen molar-refractivity contribution in [2.75, 3.05) is 12.4 Å². The van der Waals surface area contributed by atoms with Gasteiger partial charge >= 0.3 is 5.97 Å². The van der Waals surface area contributed by atoms with Crippen molar-refractivity contribution in [1.82, 2.24) is 0 Å². The van der Waals surface area contributed by atoms with Crippen LogP contribution in [0.2, 0.25) is 0 Å². The van der Waals surface area contributed by atoms with Gasteiger partial charge in [0.25, 0.3) is 0 Å². The Hall–Kier alpha value is -2.49. The lowest BCUT2D eigenvalue weighted by Gasteiger charge is -2.10. The molecule has 0 saturated carbocycles. The molecular weight excluding hydrogens is 242 g/mol. The third-order valence-corrected chi connectivity index (χ3v) is 2.77. The van der Waals surface area contributed by atoms with Gasteiger partial charge < -0.3 is 15.2 Å². The van der Waals surface area contributed by atoms with Gasteiger partial charge in [0, 0.05) is 12.2 Å². The van der Waals surface area contributed by atoms with Crippen LogP contribution in [0.4, 0.5) is 5.69 Å². The molecule has 0 spiro atoms. The fourth-order valence-corrected chi connectivity index (χ4v) is 1.80. The van der Waals surface area contributed by atoms with Crippen LogP contribution >= 0.6 is 0 Å². The number of hydrogen-bond donors (Lipinski definition) is 2. The minimum absolute atomic E-state index is 0.269. The first-order valence-electron chi connectivity index (χ1n) is 5.90. The van der Waals surface area contributed by atoms with Crippen molar-refractivity contribution in [3.8, 4) is 5.75 Å². The van der Waals surface area contributed by atoms with Crippen LogP contribution in [0.25, 0.3) is 0 Å². The number of ether oxygens (including phenoxy) is 1. The van der Waals surface area contributed by atoms with Gasteiger partial charge in [-0.1, -0.05) is 24.3 Å². The van der Waals surface area contributed by atoms with Gasteiger partial charge in [-0.15, -0.1) is 0 Å². The quantitative estimate of drug-likeness (QED) is 0.864. The number of aromatic carboxylic acids is 1. The molecule has 0 unspecified atom stereocenters. The Morgan fingerprint density at radius 3 is 2.74 bits per heavy atom. The Kier molecular flexibility index (Phi) is 4.03. The van der Waals surface area contributed by atoms with E-state index in [2.05, 4.69) is 5.32 Å². The van der Waals surface area contributed by atoms with E-state index in [1.807, 2.05) is 24.3 Å². The maximum Gasteiger partial charge on any atom is 0.337 e. The number of rotatable bonds is 5. The number of nitrogens with one attached hydrogen (secondary N) is 1. The Balaban J connectivity index is 2.12. The summed E-state index contributed by atoms with van der Waals surface area (Å²) in [6.45, 7) is 0.543. The van der Waals surface area contributed by atoms with Gasteiger partial charge in [-0.3, -0.25) is 0 Å². The van der Waals surface area contributed by atoms with Crippen molar-refractivity contribution in [2.24, 2.45) is 0 Å². The molecule has 0 aliphatic heterocycles. The predicted octanol–water partition coefficient (Wildman–Crippen LogP) is 3.01. The first-order valence-corrected chi connectivity index (χ1v) is 5.90. The molecule has 0 radical (unpaired) electrons. The summed E-state index contributed by atoms with van der Waals surface area (Å²) in [5.41, 5.74) is 1.91. The smallest absolute Gasteiger partial charge is 0.337 e. The number of carboxylic acids is 1. The van der Waals surface area contributed by atoms with Gasteiger partial charge in [0.2, 0.25) is 0 Å². The highest BCUT2D eigenvalue weighted by Crippen LogP contribution is 2.18. The maximum atomic E-state index is 11.1. The second-order valence-corrected chi connectivity index (χ2v) is 4.06. The number of carbonyl (C=O) groups is 1. The van der Waals surface area contributed by atoms with Crippen molar-refractivity contribution in [3.63, 3.8) is 0 Å². The Morgan fingerprint density at radius 2 is 2.00 bits per heavy atom. The molecule has 0 fully saturated rings.